The fourth-order valence-corrected chi connectivity index (χ4v) is 2.05. The van der Waals surface area contributed by atoms with E-state index in [1.165, 1.54) is 11.3 Å². The molecule has 0 aromatic carbocycles. The first kappa shape index (κ1) is 9.03. The van der Waals surface area contributed by atoms with Crippen molar-refractivity contribution >= 4 is 0 Å². The summed E-state index contributed by atoms with van der Waals surface area (Å²) < 4.78 is 5.21. The predicted octanol–water partition coefficient (Wildman–Crippen LogP) is 1.14. The first-order valence-electron chi connectivity index (χ1n) is 5.00. The molecule has 2 rings (SSSR count). The molecule has 0 unspecified atom stereocenters. The van der Waals surface area contributed by atoms with Crippen LogP contribution in [-0.2, 0) is 4.74 Å². The van der Waals surface area contributed by atoms with Gasteiger partial charge < -0.3 is 9.75 Å². The molecule has 2 heterocycles. The van der Waals surface area contributed by atoms with Crippen LogP contribution >= 0.6 is 0 Å². The molecule has 3 nitrogen and oxygen atoms in total. The Kier molecular flexibility index (Phi) is 2.30. The van der Waals surface area contributed by atoms with Gasteiger partial charge in [-0.15, -0.1) is 0 Å². The van der Waals surface area contributed by atoms with Gasteiger partial charge in [0.2, 0.25) is 0 Å². The highest BCUT2D eigenvalue weighted by Crippen LogP contribution is 2.26. The molecule has 2 aliphatic heterocycles. The van der Waals surface area contributed by atoms with Crippen LogP contribution in [0.5, 0.6) is 0 Å². The monoisotopic (exact) mass is 182 g/mol. The van der Waals surface area contributed by atoms with Crippen LogP contribution in [0.15, 0.2) is 11.3 Å². The molecule has 0 saturated carbocycles. The van der Waals surface area contributed by atoms with Crippen LogP contribution in [0.3, 0.4) is 0 Å². The minimum atomic E-state index is 0.565. The highest BCUT2D eigenvalue weighted by molar-refractivity contribution is 5.19. The summed E-state index contributed by atoms with van der Waals surface area (Å²) in [6.45, 7) is 9.45. The summed E-state index contributed by atoms with van der Waals surface area (Å²) in [7, 11) is 0. The normalized spacial score (nSPS) is 24.5. The molecule has 13 heavy (non-hydrogen) atoms. The summed E-state index contributed by atoms with van der Waals surface area (Å²) in [5, 5.41) is 2.31. The van der Waals surface area contributed by atoms with Crippen molar-refractivity contribution in [3.05, 3.63) is 11.3 Å². The van der Waals surface area contributed by atoms with E-state index in [0.29, 0.717) is 12.0 Å². The van der Waals surface area contributed by atoms with E-state index in [9.17, 15) is 0 Å². The van der Waals surface area contributed by atoms with Crippen molar-refractivity contribution < 1.29 is 4.74 Å². The van der Waals surface area contributed by atoms with Crippen LogP contribution in [0.4, 0.5) is 0 Å². The summed E-state index contributed by atoms with van der Waals surface area (Å²) in [6, 6.07) is 0.565. The Bertz CT molecular complexity index is 231. The lowest BCUT2D eigenvalue weighted by Gasteiger charge is -2.38. The number of hydrogen-bond donors (Lipinski definition) is 1. The molecule has 0 aromatic heterocycles. The third kappa shape index (κ3) is 1.46. The molecule has 0 atom stereocenters. The summed E-state index contributed by atoms with van der Waals surface area (Å²) in [6.07, 6.45) is 0. The number of nitrogens with zero attached hydrogens (tertiary/aromatic N) is 1. The fraction of sp³-hybridized carbons (Fsp3) is 0.800. The maximum absolute atomic E-state index is 5.21. The highest BCUT2D eigenvalue weighted by atomic mass is 16.5. The Labute approximate surface area is 79.7 Å². The molecule has 0 bridgehead atoms. The van der Waals surface area contributed by atoms with Gasteiger partial charge in [0.25, 0.3) is 0 Å². The SMILES string of the molecule is CC1=C(C(C)C)N(C2COC2)NC1. The third-order valence-corrected chi connectivity index (χ3v) is 2.74. The summed E-state index contributed by atoms with van der Waals surface area (Å²) in [4.78, 5) is 0. The van der Waals surface area contributed by atoms with Crippen molar-refractivity contribution in [2.45, 2.75) is 26.8 Å². The first-order chi connectivity index (χ1) is 6.20. The lowest BCUT2D eigenvalue weighted by Crippen LogP contribution is -2.52. The lowest BCUT2D eigenvalue weighted by atomic mass is 10.0. The maximum atomic E-state index is 5.21. The van der Waals surface area contributed by atoms with Crippen LogP contribution in [0, 0.1) is 5.92 Å². The molecule has 1 saturated heterocycles. The molecular weight excluding hydrogens is 164 g/mol. The number of nitrogens with one attached hydrogen (secondary N) is 1. The molecule has 1 N–H and O–H groups in total. The van der Waals surface area contributed by atoms with Gasteiger partial charge >= 0.3 is 0 Å². The van der Waals surface area contributed by atoms with Crippen molar-refractivity contribution in [1.82, 2.24) is 10.4 Å². The van der Waals surface area contributed by atoms with Crippen molar-refractivity contribution in [2.24, 2.45) is 5.92 Å². The van der Waals surface area contributed by atoms with E-state index in [0.717, 1.165) is 19.8 Å². The van der Waals surface area contributed by atoms with Crippen molar-refractivity contribution in [3.8, 4) is 0 Å². The Morgan fingerprint density at radius 2 is 2.15 bits per heavy atom. The second-order valence-corrected chi connectivity index (χ2v) is 4.22. The van der Waals surface area contributed by atoms with E-state index < -0.39 is 0 Å². The van der Waals surface area contributed by atoms with Crippen LogP contribution in [0.25, 0.3) is 0 Å². The summed E-state index contributed by atoms with van der Waals surface area (Å²) in [5.41, 5.74) is 6.36. The van der Waals surface area contributed by atoms with Crippen molar-refractivity contribution in [3.63, 3.8) is 0 Å². The zero-order chi connectivity index (χ0) is 9.42. The molecule has 0 radical (unpaired) electrons. The molecule has 1 fully saturated rings. The van der Waals surface area contributed by atoms with E-state index in [-0.39, 0.29) is 0 Å². The highest BCUT2D eigenvalue weighted by Gasteiger charge is 2.32. The predicted molar refractivity (Wildman–Crippen MR) is 52.0 cm³/mol. The van der Waals surface area contributed by atoms with Gasteiger partial charge in [-0.25, -0.2) is 5.43 Å². The smallest absolute Gasteiger partial charge is 0.0918 e. The van der Waals surface area contributed by atoms with Gasteiger partial charge in [0.15, 0.2) is 0 Å². The van der Waals surface area contributed by atoms with Gasteiger partial charge in [-0.05, 0) is 18.4 Å². The number of allylic oxidation sites excluding steroid dienone is 1. The van der Waals surface area contributed by atoms with Crippen LogP contribution < -0.4 is 5.43 Å². The lowest BCUT2D eigenvalue weighted by molar-refractivity contribution is -0.0671. The Morgan fingerprint density at radius 3 is 2.62 bits per heavy atom. The topological polar surface area (TPSA) is 24.5 Å². The third-order valence-electron chi connectivity index (χ3n) is 2.74. The second-order valence-electron chi connectivity index (χ2n) is 4.22. The van der Waals surface area contributed by atoms with E-state index in [1.807, 2.05) is 0 Å². The quantitative estimate of drug-likeness (QED) is 0.693. The van der Waals surface area contributed by atoms with Gasteiger partial charge in [-0.1, -0.05) is 13.8 Å². The fourth-order valence-electron chi connectivity index (χ4n) is 2.05. The molecular formula is C10H18N2O. The number of hydrazine groups is 1. The summed E-state index contributed by atoms with van der Waals surface area (Å²) in [5.74, 6) is 0.607. The van der Waals surface area contributed by atoms with E-state index in [2.05, 4.69) is 31.2 Å². The maximum Gasteiger partial charge on any atom is 0.0918 e. The molecule has 0 spiro atoms. The van der Waals surface area contributed by atoms with Gasteiger partial charge in [0.05, 0.1) is 19.3 Å². The zero-order valence-electron chi connectivity index (χ0n) is 8.63. The summed E-state index contributed by atoms with van der Waals surface area (Å²) >= 11 is 0. The molecule has 2 aliphatic rings. The number of ether oxygens (including phenoxy) is 1. The van der Waals surface area contributed by atoms with Crippen molar-refractivity contribution in [1.29, 1.82) is 0 Å². The van der Waals surface area contributed by atoms with Crippen LogP contribution in [-0.4, -0.2) is 30.8 Å². The molecule has 74 valence electrons. The van der Waals surface area contributed by atoms with Crippen LogP contribution in [0.2, 0.25) is 0 Å². The molecule has 0 amide bonds. The minimum Gasteiger partial charge on any atom is -0.377 e. The van der Waals surface area contributed by atoms with Gasteiger partial charge in [0.1, 0.15) is 0 Å². The van der Waals surface area contributed by atoms with Gasteiger partial charge in [-0.2, -0.15) is 0 Å². The van der Waals surface area contributed by atoms with Crippen molar-refractivity contribution in [2.75, 3.05) is 19.8 Å². The van der Waals surface area contributed by atoms with Gasteiger partial charge in [0, 0.05) is 12.2 Å². The standard InChI is InChI=1S/C10H18N2O/c1-7(2)10-8(3)4-11-12(10)9-5-13-6-9/h7,9,11H,4-6H2,1-3H3. The van der Waals surface area contributed by atoms with Gasteiger partial charge in [-0.3, -0.25) is 0 Å². The van der Waals surface area contributed by atoms with E-state index in [4.69, 9.17) is 4.74 Å². The van der Waals surface area contributed by atoms with E-state index in [1.54, 1.807) is 0 Å². The van der Waals surface area contributed by atoms with Crippen LogP contribution in [0.1, 0.15) is 20.8 Å². The zero-order valence-corrected chi connectivity index (χ0v) is 8.63. The first-order valence-corrected chi connectivity index (χ1v) is 5.00. The van der Waals surface area contributed by atoms with E-state index >= 15 is 0 Å². The molecule has 0 aliphatic carbocycles. The second kappa shape index (κ2) is 3.31. The Morgan fingerprint density at radius 1 is 1.46 bits per heavy atom. The average Bonchev–Trinajstić information content (AvgIpc) is 2.28. The average molecular weight is 182 g/mol. The Hall–Kier alpha value is -0.540. The molecule has 0 aromatic rings. The minimum absolute atomic E-state index is 0.565. The number of hydrogen-bond acceptors (Lipinski definition) is 3. The Balaban J connectivity index is 2.12. The largest absolute Gasteiger partial charge is 0.377 e. The number of rotatable bonds is 2. The molecule has 3 heteroatoms.